The Balaban J connectivity index is 1.80. The fraction of sp³-hybridized carbons (Fsp3) is 0.235. The van der Waals surface area contributed by atoms with E-state index >= 15 is 0 Å². The molecule has 2 heterocycles. The van der Waals surface area contributed by atoms with Gasteiger partial charge in [-0.1, -0.05) is 6.92 Å². The van der Waals surface area contributed by atoms with Crippen molar-refractivity contribution in [1.29, 1.82) is 0 Å². The van der Waals surface area contributed by atoms with Crippen molar-refractivity contribution in [2.24, 2.45) is 0 Å². The van der Waals surface area contributed by atoms with Gasteiger partial charge < -0.3 is 10.1 Å². The third-order valence-corrected chi connectivity index (χ3v) is 3.44. The van der Waals surface area contributed by atoms with Crippen molar-refractivity contribution in [1.82, 2.24) is 19.5 Å². The van der Waals surface area contributed by atoms with E-state index in [1.807, 2.05) is 24.6 Å². The van der Waals surface area contributed by atoms with Gasteiger partial charge >= 0.3 is 6.61 Å². The first kappa shape index (κ1) is 16.8. The van der Waals surface area contributed by atoms with Crippen molar-refractivity contribution in [2.75, 3.05) is 5.32 Å². The molecule has 8 heteroatoms. The van der Waals surface area contributed by atoms with Crippen LogP contribution in [-0.2, 0) is 6.42 Å². The number of ether oxygens (including phenoxy) is 1. The number of nitrogens with one attached hydrogen (secondary N) is 1. The fourth-order valence-electron chi connectivity index (χ4n) is 2.39. The molecule has 0 bridgehead atoms. The molecule has 3 aromatic rings. The van der Waals surface area contributed by atoms with Gasteiger partial charge in [0.15, 0.2) is 11.6 Å². The number of hydrogen-bond acceptors (Lipinski definition) is 5. The smallest absolute Gasteiger partial charge is 0.387 e. The predicted octanol–water partition coefficient (Wildman–Crippen LogP) is 3.88. The standard InChI is InChI=1S/C17H17F2N5O/c1-3-15-21-11(2)10-24(15)16-9-20-8-14(23-16)22-12-4-6-13(7-5-12)25-17(18)19/h4-10,17H,3H2,1-2H3,(H,22,23). The highest BCUT2D eigenvalue weighted by Crippen LogP contribution is 2.21. The summed E-state index contributed by atoms with van der Waals surface area (Å²) >= 11 is 0. The van der Waals surface area contributed by atoms with Crippen LogP contribution in [0.15, 0.2) is 42.9 Å². The Kier molecular flexibility index (Phi) is 4.87. The Morgan fingerprint density at radius 2 is 1.92 bits per heavy atom. The first-order chi connectivity index (χ1) is 12.0. The molecule has 2 aromatic heterocycles. The molecule has 25 heavy (non-hydrogen) atoms. The van der Waals surface area contributed by atoms with Gasteiger partial charge in [0.25, 0.3) is 0 Å². The third kappa shape index (κ3) is 4.09. The third-order valence-electron chi connectivity index (χ3n) is 3.44. The summed E-state index contributed by atoms with van der Waals surface area (Å²) in [6.07, 6.45) is 5.93. The molecule has 0 saturated carbocycles. The van der Waals surface area contributed by atoms with E-state index in [-0.39, 0.29) is 5.75 Å². The summed E-state index contributed by atoms with van der Waals surface area (Å²) in [5.41, 5.74) is 1.59. The van der Waals surface area contributed by atoms with Crippen molar-refractivity contribution in [3.8, 4) is 11.6 Å². The van der Waals surface area contributed by atoms with Crippen LogP contribution in [0.5, 0.6) is 5.75 Å². The van der Waals surface area contributed by atoms with Crippen molar-refractivity contribution >= 4 is 11.5 Å². The van der Waals surface area contributed by atoms with Crippen LogP contribution in [0.4, 0.5) is 20.3 Å². The monoisotopic (exact) mass is 345 g/mol. The molecular weight excluding hydrogens is 328 g/mol. The number of rotatable bonds is 6. The molecule has 0 fully saturated rings. The minimum Gasteiger partial charge on any atom is -0.435 e. The van der Waals surface area contributed by atoms with Gasteiger partial charge in [0.2, 0.25) is 0 Å². The lowest BCUT2D eigenvalue weighted by molar-refractivity contribution is -0.0498. The molecule has 0 spiro atoms. The number of aromatic nitrogens is 4. The summed E-state index contributed by atoms with van der Waals surface area (Å²) in [7, 11) is 0. The Morgan fingerprint density at radius 1 is 1.16 bits per heavy atom. The first-order valence-corrected chi connectivity index (χ1v) is 7.74. The molecule has 130 valence electrons. The second-order valence-electron chi connectivity index (χ2n) is 5.31. The Bertz CT molecular complexity index is 848. The van der Waals surface area contributed by atoms with E-state index in [0.29, 0.717) is 17.3 Å². The quantitative estimate of drug-likeness (QED) is 0.734. The van der Waals surface area contributed by atoms with Gasteiger partial charge in [-0.3, -0.25) is 9.55 Å². The molecule has 6 nitrogen and oxygen atoms in total. The molecule has 1 aromatic carbocycles. The normalized spacial score (nSPS) is 10.9. The largest absolute Gasteiger partial charge is 0.435 e. The summed E-state index contributed by atoms with van der Waals surface area (Å²) in [6.45, 7) is 1.11. The zero-order valence-electron chi connectivity index (χ0n) is 13.8. The second kappa shape index (κ2) is 7.25. The maximum atomic E-state index is 12.2. The topological polar surface area (TPSA) is 64.9 Å². The van der Waals surface area contributed by atoms with Gasteiger partial charge in [0.05, 0.1) is 18.1 Å². The number of hydrogen-bond donors (Lipinski definition) is 1. The number of benzene rings is 1. The number of halogens is 2. The summed E-state index contributed by atoms with van der Waals surface area (Å²) < 4.78 is 30.6. The van der Waals surface area contributed by atoms with Gasteiger partial charge in [-0.05, 0) is 31.2 Å². The first-order valence-electron chi connectivity index (χ1n) is 7.74. The highest BCUT2D eigenvalue weighted by Gasteiger charge is 2.09. The summed E-state index contributed by atoms with van der Waals surface area (Å²) in [5, 5.41) is 3.09. The maximum absolute atomic E-state index is 12.2. The van der Waals surface area contributed by atoms with E-state index < -0.39 is 6.61 Å². The van der Waals surface area contributed by atoms with Gasteiger partial charge in [-0.2, -0.15) is 8.78 Å². The van der Waals surface area contributed by atoms with E-state index in [0.717, 1.165) is 17.9 Å². The Hall–Kier alpha value is -3.03. The molecule has 0 aliphatic carbocycles. The molecular formula is C17H17F2N5O. The maximum Gasteiger partial charge on any atom is 0.387 e. The van der Waals surface area contributed by atoms with Crippen LogP contribution in [0.25, 0.3) is 5.82 Å². The number of imidazole rings is 1. The average Bonchev–Trinajstić information content (AvgIpc) is 2.97. The Labute approximate surface area is 143 Å². The van der Waals surface area contributed by atoms with Crippen molar-refractivity contribution in [2.45, 2.75) is 26.9 Å². The lowest BCUT2D eigenvalue weighted by Crippen LogP contribution is -2.04. The van der Waals surface area contributed by atoms with Crippen LogP contribution in [0.2, 0.25) is 0 Å². The molecule has 0 aliphatic rings. The average molecular weight is 345 g/mol. The summed E-state index contributed by atoms with van der Waals surface area (Å²) in [4.78, 5) is 13.2. The second-order valence-corrected chi connectivity index (χ2v) is 5.31. The molecule has 0 saturated heterocycles. The van der Waals surface area contributed by atoms with Gasteiger partial charge in [-0.25, -0.2) is 9.97 Å². The zero-order chi connectivity index (χ0) is 17.8. The van der Waals surface area contributed by atoms with Crippen LogP contribution in [0, 0.1) is 6.92 Å². The molecule has 0 atom stereocenters. The van der Waals surface area contributed by atoms with Gasteiger partial charge in [0, 0.05) is 18.3 Å². The molecule has 0 aliphatic heterocycles. The SMILES string of the molecule is CCc1nc(C)cn1-c1cncc(Nc2ccc(OC(F)F)cc2)n1. The van der Waals surface area contributed by atoms with E-state index in [9.17, 15) is 8.78 Å². The van der Waals surface area contributed by atoms with Crippen molar-refractivity contribution in [3.63, 3.8) is 0 Å². The fourth-order valence-corrected chi connectivity index (χ4v) is 2.39. The van der Waals surface area contributed by atoms with Crippen LogP contribution < -0.4 is 10.1 Å². The van der Waals surface area contributed by atoms with E-state index in [1.165, 1.54) is 12.1 Å². The number of anilines is 2. The molecule has 1 N–H and O–H groups in total. The zero-order valence-corrected chi connectivity index (χ0v) is 13.8. The van der Waals surface area contributed by atoms with E-state index in [1.54, 1.807) is 24.5 Å². The van der Waals surface area contributed by atoms with E-state index in [2.05, 4.69) is 25.0 Å². The highest BCUT2D eigenvalue weighted by molar-refractivity contribution is 5.57. The summed E-state index contributed by atoms with van der Waals surface area (Å²) in [5.74, 6) is 2.19. The minimum absolute atomic E-state index is 0.0989. The Morgan fingerprint density at radius 3 is 2.60 bits per heavy atom. The highest BCUT2D eigenvalue weighted by atomic mass is 19.3. The van der Waals surface area contributed by atoms with Crippen LogP contribution in [0.3, 0.4) is 0 Å². The van der Waals surface area contributed by atoms with Gasteiger partial charge in [-0.15, -0.1) is 0 Å². The molecule has 0 radical (unpaired) electrons. The van der Waals surface area contributed by atoms with Crippen LogP contribution in [0.1, 0.15) is 18.4 Å². The lowest BCUT2D eigenvalue weighted by atomic mass is 10.3. The van der Waals surface area contributed by atoms with Crippen LogP contribution in [-0.4, -0.2) is 26.1 Å². The number of alkyl halides is 2. The van der Waals surface area contributed by atoms with Crippen LogP contribution >= 0.6 is 0 Å². The number of nitrogens with zero attached hydrogens (tertiary/aromatic N) is 4. The van der Waals surface area contributed by atoms with Gasteiger partial charge in [0.1, 0.15) is 11.6 Å². The summed E-state index contributed by atoms with van der Waals surface area (Å²) in [6, 6.07) is 6.18. The lowest BCUT2D eigenvalue weighted by Gasteiger charge is -2.10. The molecule has 0 amide bonds. The molecule has 0 unspecified atom stereocenters. The van der Waals surface area contributed by atoms with Crippen molar-refractivity contribution in [3.05, 3.63) is 54.4 Å². The predicted molar refractivity (Wildman–Crippen MR) is 89.6 cm³/mol. The molecule has 3 rings (SSSR count). The number of aryl methyl sites for hydroxylation is 2. The van der Waals surface area contributed by atoms with Crippen molar-refractivity contribution < 1.29 is 13.5 Å². The van der Waals surface area contributed by atoms with E-state index in [4.69, 9.17) is 0 Å². The minimum atomic E-state index is -2.84.